The predicted octanol–water partition coefficient (Wildman–Crippen LogP) is 3.28. The molecule has 0 saturated heterocycles. The van der Waals surface area contributed by atoms with E-state index < -0.39 is 28.5 Å². The zero-order chi connectivity index (χ0) is 27.0. The first-order chi connectivity index (χ1) is 17.6. The van der Waals surface area contributed by atoms with Crippen LogP contribution >= 0.6 is 0 Å². The molecule has 3 rings (SSSR count). The molecule has 0 bridgehead atoms. The quantitative estimate of drug-likeness (QED) is 0.416. The fraction of sp³-hybridized carbons (Fsp3) is 0.286. The number of hydrogen-bond donors (Lipinski definition) is 1. The summed E-state index contributed by atoms with van der Waals surface area (Å²) >= 11 is 0. The van der Waals surface area contributed by atoms with E-state index in [0.29, 0.717) is 11.3 Å². The first-order valence-electron chi connectivity index (χ1n) is 11.8. The fourth-order valence-corrected chi connectivity index (χ4v) is 4.09. The molecule has 0 unspecified atom stereocenters. The van der Waals surface area contributed by atoms with E-state index in [2.05, 4.69) is 5.32 Å². The standard InChI is InChI=1S/C28H33N3O5S/c1-21-10-12-22(13-11-21)18-29-28(33)27(24-8-6-5-7-9-24)31(26(32)20-30(2)37(4,34)35)19-23-14-16-25(36-3)17-15-23/h5-17,27H,18-20H2,1-4H3,(H,29,33)/t27-/m0/s1. The van der Waals surface area contributed by atoms with Gasteiger partial charge in [0.15, 0.2) is 0 Å². The zero-order valence-electron chi connectivity index (χ0n) is 21.5. The topological polar surface area (TPSA) is 96.0 Å². The van der Waals surface area contributed by atoms with E-state index in [1.165, 1.54) is 11.9 Å². The van der Waals surface area contributed by atoms with Crippen LogP contribution in [0.5, 0.6) is 5.75 Å². The fourth-order valence-electron chi connectivity index (χ4n) is 3.75. The summed E-state index contributed by atoms with van der Waals surface area (Å²) in [6.45, 7) is 1.97. The molecule has 3 aromatic carbocycles. The maximum Gasteiger partial charge on any atom is 0.247 e. The van der Waals surface area contributed by atoms with Gasteiger partial charge in [0.25, 0.3) is 0 Å². The summed E-state index contributed by atoms with van der Waals surface area (Å²) in [4.78, 5) is 28.6. The Bertz CT molecular complexity index is 1290. The van der Waals surface area contributed by atoms with Gasteiger partial charge in [0, 0.05) is 20.1 Å². The van der Waals surface area contributed by atoms with Crippen molar-refractivity contribution in [1.29, 1.82) is 0 Å². The van der Waals surface area contributed by atoms with Gasteiger partial charge in [-0.2, -0.15) is 4.31 Å². The van der Waals surface area contributed by atoms with Crippen LogP contribution < -0.4 is 10.1 Å². The van der Waals surface area contributed by atoms with Crippen molar-refractivity contribution in [2.45, 2.75) is 26.1 Å². The summed E-state index contributed by atoms with van der Waals surface area (Å²) in [5.74, 6) is -0.201. The van der Waals surface area contributed by atoms with E-state index in [9.17, 15) is 18.0 Å². The molecule has 8 nitrogen and oxygen atoms in total. The van der Waals surface area contributed by atoms with Gasteiger partial charge >= 0.3 is 0 Å². The lowest BCUT2D eigenvalue weighted by atomic mass is 10.0. The van der Waals surface area contributed by atoms with Crippen molar-refractivity contribution in [2.75, 3.05) is 27.0 Å². The van der Waals surface area contributed by atoms with Gasteiger partial charge in [0.2, 0.25) is 21.8 Å². The summed E-state index contributed by atoms with van der Waals surface area (Å²) in [5.41, 5.74) is 3.43. The molecule has 0 radical (unpaired) electrons. The van der Waals surface area contributed by atoms with Crippen LogP contribution in [-0.2, 0) is 32.7 Å². The number of methoxy groups -OCH3 is 1. The molecule has 3 aromatic rings. The molecular formula is C28H33N3O5S. The molecule has 37 heavy (non-hydrogen) atoms. The molecule has 0 saturated carbocycles. The molecule has 0 aromatic heterocycles. The zero-order valence-corrected chi connectivity index (χ0v) is 22.4. The van der Waals surface area contributed by atoms with Crippen LogP contribution in [-0.4, -0.2) is 56.4 Å². The molecule has 0 aliphatic rings. The van der Waals surface area contributed by atoms with Crippen LogP contribution in [0.4, 0.5) is 0 Å². The van der Waals surface area contributed by atoms with Crippen LogP contribution in [0.3, 0.4) is 0 Å². The summed E-state index contributed by atoms with van der Waals surface area (Å²) in [5, 5.41) is 2.96. The van der Waals surface area contributed by atoms with Gasteiger partial charge < -0.3 is 15.0 Å². The van der Waals surface area contributed by atoms with Crippen LogP contribution in [0.2, 0.25) is 0 Å². The minimum Gasteiger partial charge on any atom is -0.497 e. The summed E-state index contributed by atoms with van der Waals surface area (Å²) < 4.78 is 30.3. The lowest BCUT2D eigenvalue weighted by molar-refractivity contribution is -0.141. The molecule has 9 heteroatoms. The Kier molecular flexibility index (Phi) is 9.43. The highest BCUT2D eigenvalue weighted by Crippen LogP contribution is 2.25. The number of amides is 2. The average molecular weight is 524 g/mol. The molecule has 0 heterocycles. The van der Waals surface area contributed by atoms with Crippen molar-refractivity contribution < 1.29 is 22.7 Å². The second-order valence-electron chi connectivity index (χ2n) is 8.91. The van der Waals surface area contributed by atoms with E-state index in [-0.39, 0.29) is 19.0 Å². The van der Waals surface area contributed by atoms with Crippen molar-refractivity contribution in [3.05, 3.63) is 101 Å². The Morgan fingerprint density at radius 2 is 1.51 bits per heavy atom. The average Bonchev–Trinajstić information content (AvgIpc) is 2.88. The molecule has 196 valence electrons. The lowest BCUT2D eigenvalue weighted by Gasteiger charge is -2.32. The van der Waals surface area contributed by atoms with E-state index in [4.69, 9.17) is 4.74 Å². The Morgan fingerprint density at radius 3 is 2.08 bits per heavy atom. The number of benzene rings is 3. The third-order valence-corrected chi connectivity index (χ3v) is 7.28. The Balaban J connectivity index is 1.97. The minimum atomic E-state index is -3.60. The van der Waals surface area contributed by atoms with Gasteiger partial charge in [0.05, 0.1) is 19.9 Å². The summed E-state index contributed by atoms with van der Waals surface area (Å²) in [7, 11) is -0.699. The number of nitrogens with zero attached hydrogens (tertiary/aromatic N) is 2. The Labute approximate surface area is 218 Å². The van der Waals surface area contributed by atoms with Crippen molar-refractivity contribution >= 4 is 21.8 Å². The van der Waals surface area contributed by atoms with Gasteiger partial charge in [-0.25, -0.2) is 8.42 Å². The number of rotatable bonds is 11. The molecule has 1 atom stereocenters. The van der Waals surface area contributed by atoms with Crippen LogP contribution in [0.15, 0.2) is 78.9 Å². The number of sulfonamides is 1. The normalized spacial score (nSPS) is 12.1. The van der Waals surface area contributed by atoms with E-state index >= 15 is 0 Å². The van der Waals surface area contributed by atoms with Gasteiger partial charge in [0.1, 0.15) is 11.8 Å². The monoisotopic (exact) mass is 523 g/mol. The molecule has 1 N–H and O–H groups in total. The van der Waals surface area contributed by atoms with Crippen molar-refractivity contribution in [2.24, 2.45) is 0 Å². The van der Waals surface area contributed by atoms with Crippen LogP contribution in [0.25, 0.3) is 0 Å². The van der Waals surface area contributed by atoms with Crippen molar-refractivity contribution in [3.63, 3.8) is 0 Å². The molecular weight excluding hydrogens is 490 g/mol. The minimum absolute atomic E-state index is 0.0952. The van der Waals surface area contributed by atoms with Gasteiger partial charge in [-0.3, -0.25) is 9.59 Å². The highest BCUT2D eigenvalue weighted by molar-refractivity contribution is 7.88. The number of hydrogen-bond acceptors (Lipinski definition) is 5. The lowest BCUT2D eigenvalue weighted by Crippen LogP contribution is -2.47. The Morgan fingerprint density at radius 1 is 0.919 bits per heavy atom. The predicted molar refractivity (Wildman–Crippen MR) is 143 cm³/mol. The SMILES string of the molecule is COc1ccc(CN(C(=O)CN(C)S(C)(=O)=O)[C@H](C(=O)NCc2ccc(C)cc2)c2ccccc2)cc1. The molecule has 0 aliphatic heterocycles. The van der Waals surface area contributed by atoms with Crippen LogP contribution in [0.1, 0.15) is 28.3 Å². The maximum atomic E-state index is 13.6. The second kappa shape index (κ2) is 12.5. The first kappa shape index (κ1) is 27.9. The van der Waals surface area contributed by atoms with E-state index in [1.54, 1.807) is 43.5 Å². The van der Waals surface area contributed by atoms with E-state index in [1.807, 2.05) is 49.4 Å². The van der Waals surface area contributed by atoms with Crippen molar-refractivity contribution in [3.8, 4) is 5.75 Å². The molecule has 0 spiro atoms. The molecule has 0 aliphatic carbocycles. The summed E-state index contributed by atoms with van der Waals surface area (Å²) in [6.07, 6.45) is 1.04. The number of aryl methyl sites for hydroxylation is 1. The number of likely N-dealkylation sites (N-methyl/N-ethyl adjacent to an activating group) is 1. The number of nitrogens with one attached hydrogen (secondary N) is 1. The van der Waals surface area contributed by atoms with Gasteiger partial charge in [-0.15, -0.1) is 0 Å². The third kappa shape index (κ3) is 7.90. The summed E-state index contributed by atoms with van der Waals surface area (Å²) in [6, 6.07) is 23.0. The number of carbonyl (C=O) groups is 2. The first-order valence-corrected chi connectivity index (χ1v) is 13.6. The van der Waals surface area contributed by atoms with Crippen LogP contribution in [0, 0.1) is 6.92 Å². The maximum absolute atomic E-state index is 13.6. The number of ether oxygens (including phenoxy) is 1. The highest BCUT2D eigenvalue weighted by Gasteiger charge is 2.32. The second-order valence-corrected chi connectivity index (χ2v) is 11.0. The Hall–Kier alpha value is -3.69. The number of carbonyl (C=O) groups excluding carboxylic acids is 2. The molecule has 2 amide bonds. The van der Waals surface area contributed by atoms with Crippen molar-refractivity contribution in [1.82, 2.24) is 14.5 Å². The van der Waals surface area contributed by atoms with Gasteiger partial charge in [-0.1, -0.05) is 72.3 Å². The third-order valence-electron chi connectivity index (χ3n) is 6.02. The smallest absolute Gasteiger partial charge is 0.247 e. The molecule has 0 fully saturated rings. The largest absolute Gasteiger partial charge is 0.497 e. The van der Waals surface area contributed by atoms with Gasteiger partial charge in [-0.05, 0) is 35.7 Å². The van der Waals surface area contributed by atoms with E-state index in [0.717, 1.165) is 27.3 Å². The highest BCUT2D eigenvalue weighted by atomic mass is 32.2.